The minimum atomic E-state index is -0.132. The molecule has 9 heavy (non-hydrogen) atoms. The van der Waals surface area contributed by atoms with Crippen LogP contribution in [-0.4, -0.2) is 4.98 Å². The molecule has 1 fully saturated rings. The second-order valence-corrected chi connectivity index (χ2v) is 2.53. The first-order valence-electron chi connectivity index (χ1n) is 2.99. The third kappa shape index (κ3) is 0.650. The van der Waals surface area contributed by atoms with Gasteiger partial charge in [0.2, 0.25) is 0 Å². The third-order valence-corrected chi connectivity index (χ3v) is 1.73. The molecule has 0 aromatic carbocycles. The van der Waals surface area contributed by atoms with Crippen LogP contribution < -0.4 is 5.73 Å². The highest BCUT2D eigenvalue weighted by Crippen LogP contribution is 2.41. The highest BCUT2D eigenvalue weighted by Gasteiger charge is 2.42. The average Bonchev–Trinajstić information content (AvgIpc) is 2.46. The van der Waals surface area contributed by atoms with Crippen LogP contribution in [0.4, 0.5) is 0 Å². The lowest BCUT2D eigenvalue weighted by Gasteiger charge is -1.99. The van der Waals surface area contributed by atoms with E-state index in [1.807, 2.05) is 0 Å². The molecule has 1 aliphatic rings. The number of oxazole rings is 1. The van der Waals surface area contributed by atoms with E-state index in [1.165, 1.54) is 6.39 Å². The Labute approximate surface area is 52.9 Å². The molecule has 0 bridgehead atoms. The highest BCUT2D eigenvalue weighted by molar-refractivity contribution is 5.17. The van der Waals surface area contributed by atoms with Crippen LogP contribution in [0.25, 0.3) is 0 Å². The summed E-state index contributed by atoms with van der Waals surface area (Å²) in [5, 5.41) is 0. The second kappa shape index (κ2) is 1.36. The summed E-state index contributed by atoms with van der Waals surface area (Å²) in [6, 6.07) is 0. The second-order valence-electron chi connectivity index (χ2n) is 2.53. The minimum Gasteiger partial charge on any atom is -0.451 e. The molecule has 1 aromatic rings. The first kappa shape index (κ1) is 4.99. The van der Waals surface area contributed by atoms with Crippen LogP contribution in [0, 0.1) is 0 Å². The summed E-state index contributed by atoms with van der Waals surface area (Å²) < 4.78 is 4.79. The van der Waals surface area contributed by atoms with Gasteiger partial charge < -0.3 is 10.2 Å². The fourth-order valence-corrected chi connectivity index (χ4v) is 0.849. The predicted octanol–water partition coefficient (Wildman–Crippen LogP) is 0.622. The zero-order chi connectivity index (χ0) is 6.32. The Hall–Kier alpha value is -0.830. The van der Waals surface area contributed by atoms with Crippen LogP contribution in [0.3, 0.4) is 0 Å². The molecule has 0 spiro atoms. The highest BCUT2D eigenvalue weighted by atomic mass is 16.3. The molecule has 3 heteroatoms. The van der Waals surface area contributed by atoms with Crippen molar-refractivity contribution >= 4 is 0 Å². The van der Waals surface area contributed by atoms with Gasteiger partial charge in [0.15, 0.2) is 6.39 Å². The molecule has 0 aliphatic heterocycles. The molecule has 0 unspecified atom stereocenters. The lowest BCUT2D eigenvalue weighted by atomic mass is 10.2. The summed E-state index contributed by atoms with van der Waals surface area (Å²) in [4.78, 5) is 3.96. The van der Waals surface area contributed by atoms with E-state index in [0.717, 1.165) is 18.5 Å². The van der Waals surface area contributed by atoms with Gasteiger partial charge in [-0.3, -0.25) is 0 Å². The zero-order valence-corrected chi connectivity index (χ0v) is 5.00. The molecule has 1 heterocycles. The molecule has 48 valence electrons. The minimum absolute atomic E-state index is 0.132. The fraction of sp³-hybridized carbons (Fsp3) is 0.500. The number of aromatic nitrogens is 1. The molecule has 3 nitrogen and oxygen atoms in total. The Morgan fingerprint density at radius 3 is 2.89 bits per heavy atom. The van der Waals surface area contributed by atoms with Crippen molar-refractivity contribution in [3.8, 4) is 0 Å². The molecule has 0 amide bonds. The van der Waals surface area contributed by atoms with Gasteiger partial charge >= 0.3 is 0 Å². The Morgan fingerprint density at radius 1 is 1.67 bits per heavy atom. The number of nitrogens with zero attached hydrogens (tertiary/aromatic N) is 1. The van der Waals surface area contributed by atoms with Gasteiger partial charge in [0.05, 0.1) is 11.2 Å². The van der Waals surface area contributed by atoms with Crippen molar-refractivity contribution in [1.29, 1.82) is 0 Å². The van der Waals surface area contributed by atoms with Crippen LogP contribution in [0.1, 0.15) is 18.5 Å². The molecule has 0 atom stereocenters. The van der Waals surface area contributed by atoms with Crippen molar-refractivity contribution in [3.05, 3.63) is 18.4 Å². The van der Waals surface area contributed by atoms with Gasteiger partial charge in [0.1, 0.15) is 6.26 Å². The Kier molecular flexibility index (Phi) is 0.754. The standard InChI is InChI=1S/C6H8N2O/c7-6(1-2-6)5-3-9-4-8-5/h3-4H,1-2,7H2. The van der Waals surface area contributed by atoms with E-state index in [1.54, 1.807) is 6.26 Å². The predicted molar refractivity (Wildman–Crippen MR) is 31.6 cm³/mol. The molecule has 0 radical (unpaired) electrons. The van der Waals surface area contributed by atoms with E-state index in [9.17, 15) is 0 Å². The normalized spacial score (nSPS) is 21.9. The van der Waals surface area contributed by atoms with E-state index in [2.05, 4.69) is 4.98 Å². The SMILES string of the molecule is NC1(c2cocn2)CC1. The molecule has 2 N–H and O–H groups in total. The summed E-state index contributed by atoms with van der Waals surface area (Å²) >= 11 is 0. The van der Waals surface area contributed by atoms with Gasteiger partial charge in [-0.1, -0.05) is 0 Å². The summed E-state index contributed by atoms with van der Waals surface area (Å²) in [5.41, 5.74) is 6.55. The van der Waals surface area contributed by atoms with Gasteiger partial charge in [-0.15, -0.1) is 0 Å². The first-order valence-corrected chi connectivity index (χ1v) is 2.99. The molecule has 0 saturated heterocycles. The van der Waals surface area contributed by atoms with Crippen LogP contribution in [0.2, 0.25) is 0 Å². The van der Waals surface area contributed by atoms with E-state index in [0.29, 0.717) is 0 Å². The first-order chi connectivity index (χ1) is 4.31. The lowest BCUT2D eigenvalue weighted by Crippen LogP contribution is -2.18. The van der Waals surface area contributed by atoms with Gasteiger partial charge in [-0.25, -0.2) is 4.98 Å². The topological polar surface area (TPSA) is 52.0 Å². The van der Waals surface area contributed by atoms with E-state index in [-0.39, 0.29) is 5.54 Å². The van der Waals surface area contributed by atoms with Crippen molar-refractivity contribution in [2.75, 3.05) is 0 Å². The number of rotatable bonds is 1. The van der Waals surface area contributed by atoms with E-state index in [4.69, 9.17) is 10.2 Å². The Balaban J connectivity index is 2.34. The molecular formula is C6H8N2O. The summed E-state index contributed by atoms with van der Waals surface area (Å²) in [6.07, 6.45) is 5.12. The maximum atomic E-state index is 5.79. The molecule has 1 aliphatic carbocycles. The maximum Gasteiger partial charge on any atom is 0.180 e. The smallest absolute Gasteiger partial charge is 0.180 e. The monoisotopic (exact) mass is 124 g/mol. The molecule has 1 aromatic heterocycles. The van der Waals surface area contributed by atoms with E-state index < -0.39 is 0 Å². The zero-order valence-electron chi connectivity index (χ0n) is 5.00. The van der Waals surface area contributed by atoms with Gasteiger partial charge in [-0.05, 0) is 12.8 Å². The summed E-state index contributed by atoms with van der Waals surface area (Å²) in [6.45, 7) is 0. The molecular weight excluding hydrogens is 116 g/mol. The summed E-state index contributed by atoms with van der Waals surface area (Å²) in [5.74, 6) is 0. The Bertz CT molecular complexity index is 201. The summed E-state index contributed by atoms with van der Waals surface area (Å²) in [7, 11) is 0. The lowest BCUT2D eigenvalue weighted by molar-refractivity contribution is 0.553. The Morgan fingerprint density at radius 2 is 2.44 bits per heavy atom. The average molecular weight is 124 g/mol. The fourth-order valence-electron chi connectivity index (χ4n) is 0.849. The van der Waals surface area contributed by atoms with Gasteiger partial charge in [-0.2, -0.15) is 0 Å². The van der Waals surface area contributed by atoms with Gasteiger partial charge in [0.25, 0.3) is 0 Å². The van der Waals surface area contributed by atoms with E-state index >= 15 is 0 Å². The van der Waals surface area contributed by atoms with Crippen LogP contribution >= 0.6 is 0 Å². The quantitative estimate of drug-likeness (QED) is 0.597. The molecule has 1 saturated carbocycles. The third-order valence-electron chi connectivity index (χ3n) is 1.73. The van der Waals surface area contributed by atoms with Crippen molar-refractivity contribution in [3.63, 3.8) is 0 Å². The van der Waals surface area contributed by atoms with Gasteiger partial charge in [0, 0.05) is 0 Å². The van der Waals surface area contributed by atoms with Crippen LogP contribution in [-0.2, 0) is 5.54 Å². The number of nitrogens with two attached hydrogens (primary N) is 1. The molecule has 2 rings (SSSR count). The van der Waals surface area contributed by atoms with Crippen molar-refractivity contribution in [2.45, 2.75) is 18.4 Å². The number of hydrogen-bond acceptors (Lipinski definition) is 3. The van der Waals surface area contributed by atoms with Crippen molar-refractivity contribution in [1.82, 2.24) is 4.98 Å². The van der Waals surface area contributed by atoms with Crippen molar-refractivity contribution < 1.29 is 4.42 Å². The maximum absolute atomic E-state index is 5.79. The van der Waals surface area contributed by atoms with Crippen LogP contribution in [0.5, 0.6) is 0 Å². The van der Waals surface area contributed by atoms with Crippen LogP contribution in [0.15, 0.2) is 17.1 Å². The van der Waals surface area contributed by atoms with Crippen molar-refractivity contribution in [2.24, 2.45) is 5.73 Å². The largest absolute Gasteiger partial charge is 0.451 e. The number of hydrogen-bond donors (Lipinski definition) is 1.